The second-order valence-corrected chi connectivity index (χ2v) is 10.2. The summed E-state index contributed by atoms with van der Waals surface area (Å²) in [5.74, 6) is 0. The van der Waals surface area contributed by atoms with Gasteiger partial charge in [0, 0.05) is 39.3 Å². The highest BCUT2D eigenvalue weighted by atomic mass is 32.2. The maximum atomic E-state index is 12.7. The van der Waals surface area contributed by atoms with Crippen LogP contribution in [-0.2, 0) is 20.0 Å². The van der Waals surface area contributed by atoms with Crippen molar-refractivity contribution in [2.45, 2.75) is 22.6 Å². The third kappa shape index (κ3) is 3.36. The predicted molar refractivity (Wildman–Crippen MR) is 90.7 cm³/mol. The van der Waals surface area contributed by atoms with Crippen molar-refractivity contribution < 1.29 is 16.8 Å². The van der Waals surface area contributed by atoms with Crippen molar-refractivity contribution in [1.82, 2.24) is 13.5 Å². The van der Waals surface area contributed by atoms with Crippen LogP contribution in [0.3, 0.4) is 0 Å². The van der Waals surface area contributed by atoms with E-state index in [1.54, 1.807) is 0 Å². The summed E-state index contributed by atoms with van der Waals surface area (Å²) in [4.78, 5) is 2.38. The van der Waals surface area contributed by atoms with Crippen molar-refractivity contribution in [2.75, 3.05) is 46.3 Å². The van der Waals surface area contributed by atoms with Crippen molar-refractivity contribution >= 4 is 20.0 Å². The van der Waals surface area contributed by atoms with E-state index < -0.39 is 20.0 Å². The van der Waals surface area contributed by atoms with Crippen molar-refractivity contribution in [3.63, 3.8) is 0 Å². The van der Waals surface area contributed by atoms with Gasteiger partial charge in [-0.15, -0.1) is 0 Å². The van der Waals surface area contributed by atoms with Crippen LogP contribution in [0.5, 0.6) is 0 Å². The van der Waals surface area contributed by atoms with Crippen LogP contribution in [0.4, 0.5) is 0 Å². The minimum Gasteiger partial charge on any atom is -0.304 e. The quantitative estimate of drug-likeness (QED) is 0.764. The zero-order valence-electron chi connectivity index (χ0n) is 13.8. The van der Waals surface area contributed by atoms with E-state index in [0.717, 1.165) is 12.8 Å². The van der Waals surface area contributed by atoms with E-state index in [1.807, 2.05) is 7.05 Å². The van der Waals surface area contributed by atoms with Gasteiger partial charge in [0.1, 0.15) is 0 Å². The first-order valence-electron chi connectivity index (χ1n) is 8.11. The molecule has 0 amide bonds. The largest absolute Gasteiger partial charge is 0.304 e. The van der Waals surface area contributed by atoms with Gasteiger partial charge in [-0.25, -0.2) is 16.8 Å². The van der Waals surface area contributed by atoms with Gasteiger partial charge < -0.3 is 4.90 Å². The number of rotatable bonds is 4. The maximum Gasteiger partial charge on any atom is 0.243 e. The van der Waals surface area contributed by atoms with E-state index in [4.69, 9.17) is 0 Å². The third-order valence-corrected chi connectivity index (χ3v) is 8.45. The van der Waals surface area contributed by atoms with Crippen LogP contribution in [-0.4, -0.2) is 76.7 Å². The average molecular weight is 374 g/mol. The summed E-state index contributed by atoms with van der Waals surface area (Å²) in [5, 5.41) is 0. The Morgan fingerprint density at radius 2 is 1.04 bits per heavy atom. The molecule has 0 atom stereocenters. The summed E-state index contributed by atoms with van der Waals surface area (Å²) in [6, 6.07) is 5.60. The van der Waals surface area contributed by atoms with Gasteiger partial charge in [-0.3, -0.25) is 0 Å². The molecule has 2 heterocycles. The molecule has 24 heavy (non-hydrogen) atoms. The molecule has 2 fully saturated rings. The van der Waals surface area contributed by atoms with E-state index >= 15 is 0 Å². The number of hydrogen-bond donors (Lipinski definition) is 0. The first kappa shape index (κ1) is 17.8. The number of benzene rings is 1. The lowest BCUT2D eigenvalue weighted by Gasteiger charge is -2.31. The molecule has 1 aromatic rings. The third-order valence-electron chi connectivity index (χ3n) is 4.63. The molecule has 0 saturated carbocycles. The van der Waals surface area contributed by atoms with E-state index in [0.29, 0.717) is 39.3 Å². The van der Waals surface area contributed by atoms with Crippen LogP contribution in [0.1, 0.15) is 12.8 Å². The molecule has 0 radical (unpaired) electrons. The first-order chi connectivity index (χ1) is 11.3. The van der Waals surface area contributed by atoms with Crippen LogP contribution in [0, 0.1) is 0 Å². The standard InChI is InChI=1S/C15H23N3O4S2/c1-16-10-12-18(13-11-16)24(21,22)15-6-4-14(5-7-15)23(19,20)17-8-2-3-9-17/h4-7H,2-3,8-13H2,1H3. The number of nitrogens with zero attached hydrogens (tertiary/aromatic N) is 3. The smallest absolute Gasteiger partial charge is 0.243 e. The lowest BCUT2D eigenvalue weighted by molar-refractivity contribution is 0.222. The van der Waals surface area contributed by atoms with E-state index in [2.05, 4.69) is 4.90 Å². The number of likely N-dealkylation sites (N-methyl/N-ethyl adjacent to an activating group) is 1. The second kappa shape index (κ2) is 6.72. The fourth-order valence-electron chi connectivity index (χ4n) is 3.04. The molecule has 0 bridgehead atoms. The molecular formula is C15H23N3O4S2. The summed E-state index contributed by atoms with van der Waals surface area (Å²) in [6.07, 6.45) is 1.74. The van der Waals surface area contributed by atoms with Gasteiger partial charge in [-0.1, -0.05) is 0 Å². The Morgan fingerprint density at radius 1 is 0.667 bits per heavy atom. The Hall–Kier alpha value is -1.00. The van der Waals surface area contributed by atoms with E-state index in [1.165, 1.54) is 32.9 Å². The molecule has 2 saturated heterocycles. The fraction of sp³-hybridized carbons (Fsp3) is 0.600. The van der Waals surface area contributed by atoms with Crippen molar-refractivity contribution in [3.8, 4) is 0 Å². The summed E-state index contributed by atoms with van der Waals surface area (Å²) in [6.45, 7) is 3.36. The predicted octanol–water partition coefficient (Wildman–Crippen LogP) is 0.407. The van der Waals surface area contributed by atoms with Gasteiger partial charge in [0.25, 0.3) is 0 Å². The number of hydrogen-bond acceptors (Lipinski definition) is 5. The SMILES string of the molecule is CN1CCN(S(=O)(=O)c2ccc(S(=O)(=O)N3CCCC3)cc2)CC1. The molecule has 134 valence electrons. The monoisotopic (exact) mass is 373 g/mol. The Morgan fingerprint density at radius 3 is 1.46 bits per heavy atom. The van der Waals surface area contributed by atoms with Gasteiger partial charge in [-0.05, 0) is 44.2 Å². The van der Waals surface area contributed by atoms with E-state index in [9.17, 15) is 16.8 Å². The minimum atomic E-state index is -3.57. The van der Waals surface area contributed by atoms with Crippen molar-refractivity contribution in [2.24, 2.45) is 0 Å². The zero-order valence-corrected chi connectivity index (χ0v) is 15.4. The molecule has 3 rings (SSSR count). The maximum absolute atomic E-state index is 12.7. The Labute approximate surface area is 144 Å². The molecule has 0 N–H and O–H groups in total. The normalized spacial score (nSPS) is 22.0. The number of piperazine rings is 1. The molecule has 7 nitrogen and oxygen atoms in total. The molecule has 1 aromatic carbocycles. The highest BCUT2D eigenvalue weighted by molar-refractivity contribution is 7.89. The molecule has 9 heteroatoms. The summed E-state index contributed by atoms with van der Waals surface area (Å²) >= 11 is 0. The zero-order chi connectivity index (χ0) is 17.4. The lowest BCUT2D eigenvalue weighted by atomic mass is 10.4. The van der Waals surface area contributed by atoms with Gasteiger partial charge in [0.2, 0.25) is 20.0 Å². The fourth-order valence-corrected chi connectivity index (χ4v) is 5.98. The van der Waals surface area contributed by atoms with Crippen molar-refractivity contribution in [3.05, 3.63) is 24.3 Å². The highest BCUT2D eigenvalue weighted by Gasteiger charge is 2.30. The van der Waals surface area contributed by atoms with Crippen molar-refractivity contribution in [1.29, 1.82) is 0 Å². The van der Waals surface area contributed by atoms with Gasteiger partial charge in [0.05, 0.1) is 9.79 Å². The van der Waals surface area contributed by atoms with Crippen LogP contribution in [0.2, 0.25) is 0 Å². The number of sulfonamides is 2. The van der Waals surface area contributed by atoms with Crippen LogP contribution >= 0.6 is 0 Å². The molecule has 0 spiro atoms. The average Bonchev–Trinajstić information content (AvgIpc) is 3.11. The highest BCUT2D eigenvalue weighted by Crippen LogP contribution is 2.23. The molecule has 0 unspecified atom stereocenters. The summed E-state index contributed by atoms with van der Waals surface area (Å²) < 4.78 is 53.2. The lowest BCUT2D eigenvalue weighted by Crippen LogP contribution is -2.47. The van der Waals surface area contributed by atoms with Gasteiger partial charge in [0.15, 0.2) is 0 Å². The first-order valence-corrected chi connectivity index (χ1v) is 11.0. The Balaban J connectivity index is 1.81. The minimum absolute atomic E-state index is 0.146. The molecule has 0 aromatic heterocycles. The Bertz CT molecular complexity index is 777. The van der Waals surface area contributed by atoms with Gasteiger partial charge in [-0.2, -0.15) is 8.61 Å². The molecular weight excluding hydrogens is 350 g/mol. The Kier molecular flexibility index (Phi) is 4.99. The summed E-state index contributed by atoms with van der Waals surface area (Å²) in [7, 11) is -5.12. The summed E-state index contributed by atoms with van der Waals surface area (Å²) in [5.41, 5.74) is 0. The molecule has 2 aliphatic heterocycles. The topological polar surface area (TPSA) is 78.0 Å². The van der Waals surface area contributed by atoms with Gasteiger partial charge >= 0.3 is 0 Å². The van der Waals surface area contributed by atoms with Crippen LogP contribution in [0.15, 0.2) is 34.1 Å². The van der Waals surface area contributed by atoms with Crippen LogP contribution < -0.4 is 0 Å². The van der Waals surface area contributed by atoms with Crippen LogP contribution in [0.25, 0.3) is 0 Å². The molecule has 0 aliphatic carbocycles. The van der Waals surface area contributed by atoms with E-state index in [-0.39, 0.29) is 9.79 Å². The molecule has 2 aliphatic rings. The second-order valence-electron chi connectivity index (χ2n) is 6.29.